The number of carbonyl (C=O) groups excluding carboxylic acids is 1. The lowest BCUT2D eigenvalue weighted by atomic mass is 10.2. The van der Waals surface area contributed by atoms with E-state index >= 15 is 0 Å². The minimum absolute atomic E-state index is 0.0643. The average Bonchev–Trinajstić information content (AvgIpc) is 2.60. The molecule has 0 fully saturated rings. The number of methoxy groups -OCH3 is 1. The van der Waals surface area contributed by atoms with E-state index in [0.717, 1.165) is 12.1 Å². The third kappa shape index (κ3) is 5.31. The average molecular weight is 422 g/mol. The molecule has 0 heterocycles. The predicted octanol–water partition coefficient (Wildman–Crippen LogP) is 3.16. The highest BCUT2D eigenvalue weighted by atomic mass is 35.5. The molecule has 0 aliphatic heterocycles. The molecule has 6 nitrogen and oxygen atoms in total. The second-order valence-electron chi connectivity index (χ2n) is 5.03. The van der Waals surface area contributed by atoms with Crippen molar-refractivity contribution in [3.05, 3.63) is 57.8 Å². The molecule has 10 heteroatoms. The molecule has 1 N–H and O–H groups in total. The van der Waals surface area contributed by atoms with Gasteiger partial charge in [0.15, 0.2) is 11.6 Å². The maximum absolute atomic E-state index is 13.6. The number of esters is 1. The molecule has 0 aliphatic carbocycles. The SMILES string of the molecule is COc1ccc(COC(=O)CNS(=O)(=O)c2ccc(Cl)c(Cl)c2)cc1F. The van der Waals surface area contributed by atoms with E-state index in [2.05, 4.69) is 4.72 Å². The zero-order valence-corrected chi connectivity index (χ0v) is 15.8. The zero-order valence-electron chi connectivity index (χ0n) is 13.5. The molecule has 0 atom stereocenters. The summed E-state index contributed by atoms with van der Waals surface area (Å²) in [6.45, 7) is -0.810. The number of nitrogens with one attached hydrogen (secondary N) is 1. The summed E-state index contributed by atoms with van der Waals surface area (Å²) in [5, 5.41) is 0.274. The van der Waals surface area contributed by atoms with E-state index < -0.39 is 28.4 Å². The number of sulfonamides is 1. The lowest BCUT2D eigenvalue weighted by molar-refractivity contribution is -0.143. The number of ether oxygens (including phenoxy) is 2. The van der Waals surface area contributed by atoms with Crippen LogP contribution in [0.5, 0.6) is 5.75 Å². The van der Waals surface area contributed by atoms with Crippen LogP contribution >= 0.6 is 23.2 Å². The summed E-state index contributed by atoms with van der Waals surface area (Å²) in [6.07, 6.45) is 0. The van der Waals surface area contributed by atoms with Crippen molar-refractivity contribution in [2.24, 2.45) is 0 Å². The molecule has 0 saturated carbocycles. The Morgan fingerprint density at radius 1 is 1.15 bits per heavy atom. The van der Waals surface area contributed by atoms with Gasteiger partial charge in [0.1, 0.15) is 13.2 Å². The molecule has 2 aromatic carbocycles. The Morgan fingerprint density at radius 2 is 1.88 bits per heavy atom. The highest BCUT2D eigenvalue weighted by Gasteiger charge is 2.17. The molecule has 140 valence electrons. The van der Waals surface area contributed by atoms with Crippen LogP contribution in [0.4, 0.5) is 4.39 Å². The van der Waals surface area contributed by atoms with E-state index in [-0.39, 0.29) is 27.3 Å². The summed E-state index contributed by atoms with van der Waals surface area (Å²) in [7, 11) is -2.63. The van der Waals surface area contributed by atoms with E-state index in [1.165, 1.54) is 31.4 Å². The van der Waals surface area contributed by atoms with Gasteiger partial charge in [-0.25, -0.2) is 12.8 Å². The van der Waals surface area contributed by atoms with Crippen LogP contribution < -0.4 is 9.46 Å². The van der Waals surface area contributed by atoms with Crippen molar-refractivity contribution in [2.75, 3.05) is 13.7 Å². The fraction of sp³-hybridized carbons (Fsp3) is 0.188. The summed E-state index contributed by atoms with van der Waals surface area (Å²) in [5.41, 5.74) is 0.393. The minimum atomic E-state index is -3.96. The number of halogens is 3. The molecule has 0 bridgehead atoms. The van der Waals surface area contributed by atoms with E-state index in [9.17, 15) is 17.6 Å². The Balaban J connectivity index is 1.91. The first-order valence-corrected chi connectivity index (χ1v) is 9.39. The predicted molar refractivity (Wildman–Crippen MR) is 94.4 cm³/mol. The van der Waals surface area contributed by atoms with Crippen LogP contribution in [0.15, 0.2) is 41.3 Å². The van der Waals surface area contributed by atoms with Gasteiger partial charge in [-0.2, -0.15) is 4.72 Å². The van der Waals surface area contributed by atoms with Crippen molar-refractivity contribution >= 4 is 39.2 Å². The highest BCUT2D eigenvalue weighted by molar-refractivity contribution is 7.89. The number of hydrogen-bond acceptors (Lipinski definition) is 5. The fourth-order valence-corrected chi connectivity index (χ4v) is 3.25. The maximum atomic E-state index is 13.6. The maximum Gasteiger partial charge on any atom is 0.321 e. The molecule has 26 heavy (non-hydrogen) atoms. The topological polar surface area (TPSA) is 81.7 Å². The molecule has 0 aromatic heterocycles. The number of hydrogen-bond donors (Lipinski definition) is 1. The van der Waals surface area contributed by atoms with Gasteiger partial charge in [-0.3, -0.25) is 4.79 Å². The van der Waals surface area contributed by atoms with Gasteiger partial charge in [0, 0.05) is 0 Å². The summed E-state index contributed by atoms with van der Waals surface area (Å²) >= 11 is 11.5. The van der Waals surface area contributed by atoms with Gasteiger partial charge in [0.05, 0.1) is 22.1 Å². The van der Waals surface area contributed by atoms with Crippen molar-refractivity contribution in [3.63, 3.8) is 0 Å². The smallest absolute Gasteiger partial charge is 0.321 e. The highest BCUT2D eigenvalue weighted by Crippen LogP contribution is 2.24. The Morgan fingerprint density at radius 3 is 2.50 bits per heavy atom. The van der Waals surface area contributed by atoms with Crippen LogP contribution in [0, 0.1) is 5.82 Å². The molecule has 2 rings (SSSR count). The third-order valence-electron chi connectivity index (χ3n) is 3.22. The van der Waals surface area contributed by atoms with Crippen LogP contribution in [-0.2, 0) is 26.2 Å². The molecule has 0 saturated heterocycles. The van der Waals surface area contributed by atoms with E-state index in [1.807, 2.05) is 0 Å². The van der Waals surface area contributed by atoms with Gasteiger partial charge >= 0.3 is 5.97 Å². The van der Waals surface area contributed by atoms with E-state index in [1.54, 1.807) is 0 Å². The zero-order chi connectivity index (χ0) is 19.3. The molecule has 0 radical (unpaired) electrons. The Labute approximate surface area is 159 Å². The molecular formula is C16H14Cl2FNO5S. The van der Waals surface area contributed by atoms with Gasteiger partial charge in [-0.15, -0.1) is 0 Å². The molecule has 0 unspecified atom stereocenters. The molecule has 0 aliphatic rings. The minimum Gasteiger partial charge on any atom is -0.494 e. The second kappa shape index (κ2) is 8.68. The van der Waals surface area contributed by atoms with Gasteiger partial charge in [0.25, 0.3) is 0 Å². The molecule has 2 aromatic rings. The van der Waals surface area contributed by atoms with Crippen LogP contribution in [-0.4, -0.2) is 28.0 Å². The third-order valence-corrected chi connectivity index (χ3v) is 5.36. The summed E-state index contributed by atoms with van der Waals surface area (Å²) in [4.78, 5) is 11.6. The second-order valence-corrected chi connectivity index (χ2v) is 7.61. The number of carbonyl (C=O) groups is 1. The lowest BCUT2D eigenvalue weighted by Gasteiger charge is -2.09. The van der Waals surface area contributed by atoms with Crippen molar-refractivity contribution in [2.45, 2.75) is 11.5 Å². The standard InChI is InChI=1S/C16H14Cl2FNO5S/c1-24-15-5-2-10(6-14(15)19)9-25-16(21)8-20-26(22,23)11-3-4-12(17)13(18)7-11/h2-7,20H,8-9H2,1H3. The Kier molecular flexibility index (Phi) is 6.82. The van der Waals surface area contributed by atoms with Crippen molar-refractivity contribution < 1.29 is 27.1 Å². The number of rotatable bonds is 7. The summed E-state index contributed by atoms with van der Waals surface area (Å²) in [5.74, 6) is -1.36. The van der Waals surface area contributed by atoms with Gasteiger partial charge in [-0.05, 0) is 35.9 Å². The first kappa shape index (κ1) is 20.4. The largest absolute Gasteiger partial charge is 0.494 e. The van der Waals surface area contributed by atoms with Crippen LogP contribution in [0.2, 0.25) is 10.0 Å². The van der Waals surface area contributed by atoms with E-state index in [0.29, 0.717) is 5.56 Å². The lowest BCUT2D eigenvalue weighted by Crippen LogP contribution is -2.30. The van der Waals surface area contributed by atoms with Crippen LogP contribution in [0.1, 0.15) is 5.56 Å². The quantitative estimate of drug-likeness (QED) is 0.694. The first-order chi connectivity index (χ1) is 12.2. The Hall–Kier alpha value is -1.87. The van der Waals surface area contributed by atoms with Crippen molar-refractivity contribution in [3.8, 4) is 5.75 Å². The molecule has 0 amide bonds. The fourth-order valence-electron chi connectivity index (χ4n) is 1.90. The number of benzene rings is 2. The molecular weight excluding hydrogens is 408 g/mol. The Bertz CT molecular complexity index is 921. The van der Waals surface area contributed by atoms with Gasteiger partial charge in [-0.1, -0.05) is 29.3 Å². The van der Waals surface area contributed by atoms with Crippen molar-refractivity contribution in [1.82, 2.24) is 4.72 Å². The first-order valence-electron chi connectivity index (χ1n) is 7.15. The van der Waals surface area contributed by atoms with Gasteiger partial charge in [0.2, 0.25) is 10.0 Å². The van der Waals surface area contributed by atoms with Crippen LogP contribution in [0.3, 0.4) is 0 Å². The van der Waals surface area contributed by atoms with Crippen molar-refractivity contribution in [1.29, 1.82) is 0 Å². The van der Waals surface area contributed by atoms with E-state index in [4.69, 9.17) is 32.7 Å². The van der Waals surface area contributed by atoms with Crippen LogP contribution in [0.25, 0.3) is 0 Å². The summed E-state index contributed by atoms with van der Waals surface area (Å²) < 4.78 is 49.5. The monoisotopic (exact) mass is 421 g/mol. The summed E-state index contributed by atoms with van der Waals surface area (Å²) in [6, 6.07) is 7.82. The molecule has 0 spiro atoms. The normalized spacial score (nSPS) is 11.2. The van der Waals surface area contributed by atoms with Gasteiger partial charge < -0.3 is 9.47 Å².